The number of hydrogen-bond acceptors (Lipinski definition) is 5. The van der Waals surface area contributed by atoms with Crippen LogP contribution in [-0.4, -0.2) is 19.2 Å². The van der Waals surface area contributed by atoms with Crippen molar-refractivity contribution in [3.8, 4) is 11.5 Å². The van der Waals surface area contributed by atoms with Gasteiger partial charge in [0.05, 0.1) is 42.7 Å². The molecular weight excluding hydrogens is 206 g/mol. The number of fused-ring (bicyclic) bond motifs is 1. The molecule has 2 rings (SSSR count). The van der Waals surface area contributed by atoms with Crippen LogP contribution in [0.3, 0.4) is 0 Å². The smallest absolute Gasteiger partial charge is 0.134 e. The molecule has 1 aromatic heterocycles. The van der Waals surface area contributed by atoms with Crippen molar-refractivity contribution in [3.05, 3.63) is 18.3 Å². The number of aromatic nitrogens is 1. The van der Waals surface area contributed by atoms with Crippen LogP contribution in [0.2, 0.25) is 0 Å². The maximum Gasteiger partial charge on any atom is 0.134 e. The molecule has 1 heterocycles. The molecule has 16 heavy (non-hydrogen) atoms. The van der Waals surface area contributed by atoms with Crippen LogP contribution >= 0.6 is 0 Å². The number of methoxy groups -OCH3 is 2. The molecule has 0 saturated carbocycles. The molecule has 0 bridgehead atoms. The lowest BCUT2D eigenvalue weighted by Gasteiger charge is -2.11. The minimum Gasteiger partial charge on any atom is -0.497 e. The fourth-order valence-corrected chi connectivity index (χ4v) is 1.58. The van der Waals surface area contributed by atoms with E-state index < -0.39 is 0 Å². The van der Waals surface area contributed by atoms with E-state index in [1.807, 2.05) is 0 Å². The third-order valence-corrected chi connectivity index (χ3v) is 2.43. The van der Waals surface area contributed by atoms with Gasteiger partial charge < -0.3 is 20.9 Å². The standard InChI is InChI=1S/C11H13N3O2/c1-15-6-3-8-10(9(4-6)16-2)11(13)7(12)5-14-8/h3-5H,12H2,1-2H3,(H2,13,14). The molecular formula is C11H13N3O2. The van der Waals surface area contributed by atoms with Gasteiger partial charge in [0, 0.05) is 12.1 Å². The van der Waals surface area contributed by atoms with E-state index in [-0.39, 0.29) is 0 Å². The van der Waals surface area contributed by atoms with Crippen molar-refractivity contribution < 1.29 is 9.47 Å². The summed E-state index contributed by atoms with van der Waals surface area (Å²) in [5.74, 6) is 1.27. The van der Waals surface area contributed by atoms with Crippen molar-refractivity contribution in [1.29, 1.82) is 0 Å². The van der Waals surface area contributed by atoms with Gasteiger partial charge in [-0.1, -0.05) is 0 Å². The number of anilines is 2. The van der Waals surface area contributed by atoms with Gasteiger partial charge in [-0.15, -0.1) is 0 Å². The quantitative estimate of drug-likeness (QED) is 0.798. The van der Waals surface area contributed by atoms with Crippen LogP contribution in [0.5, 0.6) is 11.5 Å². The third-order valence-electron chi connectivity index (χ3n) is 2.43. The van der Waals surface area contributed by atoms with Gasteiger partial charge >= 0.3 is 0 Å². The molecule has 0 amide bonds. The van der Waals surface area contributed by atoms with Gasteiger partial charge in [0.15, 0.2) is 0 Å². The van der Waals surface area contributed by atoms with Crippen molar-refractivity contribution in [2.24, 2.45) is 0 Å². The molecule has 5 heteroatoms. The zero-order chi connectivity index (χ0) is 11.7. The lowest BCUT2D eigenvalue weighted by Crippen LogP contribution is -1.99. The number of nitrogen functional groups attached to an aromatic ring is 2. The molecule has 0 aliphatic heterocycles. The van der Waals surface area contributed by atoms with Crippen molar-refractivity contribution in [3.63, 3.8) is 0 Å². The second-order valence-corrected chi connectivity index (χ2v) is 3.35. The second-order valence-electron chi connectivity index (χ2n) is 3.35. The minimum absolute atomic E-state index is 0.441. The molecule has 0 atom stereocenters. The first kappa shape index (κ1) is 10.4. The first-order chi connectivity index (χ1) is 7.67. The van der Waals surface area contributed by atoms with E-state index in [0.717, 1.165) is 0 Å². The second kappa shape index (κ2) is 3.77. The Balaban J connectivity index is 2.84. The number of pyridine rings is 1. The highest BCUT2D eigenvalue weighted by Crippen LogP contribution is 2.35. The summed E-state index contributed by atoms with van der Waals surface area (Å²) >= 11 is 0. The lowest BCUT2D eigenvalue weighted by molar-refractivity contribution is 0.398. The van der Waals surface area contributed by atoms with E-state index in [0.29, 0.717) is 33.8 Å². The average Bonchev–Trinajstić information content (AvgIpc) is 2.32. The zero-order valence-electron chi connectivity index (χ0n) is 9.15. The van der Waals surface area contributed by atoms with E-state index in [1.165, 1.54) is 6.20 Å². The molecule has 0 fully saturated rings. The monoisotopic (exact) mass is 219 g/mol. The maximum absolute atomic E-state index is 5.90. The Kier molecular flexibility index (Phi) is 2.44. The van der Waals surface area contributed by atoms with Crippen LogP contribution < -0.4 is 20.9 Å². The first-order valence-corrected chi connectivity index (χ1v) is 4.73. The fourth-order valence-electron chi connectivity index (χ4n) is 1.58. The molecule has 0 radical (unpaired) electrons. The van der Waals surface area contributed by atoms with Gasteiger partial charge in [-0.05, 0) is 0 Å². The number of nitrogens with two attached hydrogens (primary N) is 2. The maximum atomic E-state index is 5.90. The topological polar surface area (TPSA) is 83.4 Å². The molecule has 0 aliphatic carbocycles. The Morgan fingerprint density at radius 1 is 1.12 bits per heavy atom. The zero-order valence-corrected chi connectivity index (χ0v) is 9.15. The van der Waals surface area contributed by atoms with Gasteiger partial charge in [-0.3, -0.25) is 4.98 Å². The number of benzene rings is 1. The van der Waals surface area contributed by atoms with E-state index in [9.17, 15) is 0 Å². The molecule has 0 unspecified atom stereocenters. The average molecular weight is 219 g/mol. The number of rotatable bonds is 2. The van der Waals surface area contributed by atoms with Crippen molar-refractivity contribution in [2.75, 3.05) is 25.7 Å². The summed E-state index contributed by atoms with van der Waals surface area (Å²) in [5, 5.41) is 0.711. The largest absolute Gasteiger partial charge is 0.497 e. The predicted octanol–water partition coefficient (Wildman–Crippen LogP) is 1.42. The number of ether oxygens (including phenoxy) is 2. The van der Waals surface area contributed by atoms with Gasteiger partial charge in [-0.25, -0.2) is 0 Å². The van der Waals surface area contributed by atoms with Crippen LogP contribution in [-0.2, 0) is 0 Å². The summed E-state index contributed by atoms with van der Waals surface area (Å²) in [6.07, 6.45) is 1.52. The first-order valence-electron chi connectivity index (χ1n) is 4.73. The highest BCUT2D eigenvalue weighted by atomic mass is 16.5. The summed E-state index contributed by atoms with van der Waals surface area (Å²) in [5.41, 5.74) is 13.2. The molecule has 0 spiro atoms. The summed E-state index contributed by atoms with van der Waals surface area (Å²) in [7, 11) is 3.15. The highest BCUT2D eigenvalue weighted by molar-refractivity contribution is 6.00. The summed E-state index contributed by atoms with van der Waals surface area (Å²) in [6.45, 7) is 0. The van der Waals surface area contributed by atoms with Crippen LogP contribution in [0, 0.1) is 0 Å². The van der Waals surface area contributed by atoms with E-state index in [4.69, 9.17) is 20.9 Å². The van der Waals surface area contributed by atoms with Crippen molar-refractivity contribution in [2.45, 2.75) is 0 Å². The minimum atomic E-state index is 0.441. The Bertz CT molecular complexity index is 540. The Morgan fingerprint density at radius 2 is 1.88 bits per heavy atom. The van der Waals surface area contributed by atoms with Gasteiger partial charge in [-0.2, -0.15) is 0 Å². The van der Waals surface area contributed by atoms with Gasteiger partial charge in [0.1, 0.15) is 11.5 Å². The molecule has 5 nitrogen and oxygen atoms in total. The van der Waals surface area contributed by atoms with Crippen LogP contribution in [0.4, 0.5) is 11.4 Å². The van der Waals surface area contributed by atoms with Gasteiger partial charge in [0.2, 0.25) is 0 Å². The summed E-state index contributed by atoms with van der Waals surface area (Å²) in [4.78, 5) is 4.19. The van der Waals surface area contributed by atoms with E-state index in [1.54, 1.807) is 26.4 Å². The predicted molar refractivity (Wildman–Crippen MR) is 63.7 cm³/mol. The van der Waals surface area contributed by atoms with Crippen LogP contribution in [0.1, 0.15) is 0 Å². The molecule has 0 saturated heterocycles. The molecule has 4 N–H and O–H groups in total. The van der Waals surface area contributed by atoms with Gasteiger partial charge in [0.25, 0.3) is 0 Å². The van der Waals surface area contributed by atoms with E-state index >= 15 is 0 Å². The Hall–Kier alpha value is -2.17. The normalized spacial score (nSPS) is 10.4. The number of nitrogens with zero attached hydrogens (tertiary/aromatic N) is 1. The highest BCUT2D eigenvalue weighted by Gasteiger charge is 2.11. The Labute approximate surface area is 93.0 Å². The summed E-state index contributed by atoms with van der Waals surface area (Å²) in [6, 6.07) is 3.54. The third kappa shape index (κ3) is 1.46. The van der Waals surface area contributed by atoms with Crippen molar-refractivity contribution in [1.82, 2.24) is 4.98 Å². The molecule has 0 aliphatic rings. The molecule has 84 valence electrons. The molecule has 1 aromatic carbocycles. The summed E-state index contributed by atoms with van der Waals surface area (Å²) < 4.78 is 10.4. The lowest BCUT2D eigenvalue weighted by atomic mass is 10.1. The fraction of sp³-hybridized carbons (Fsp3) is 0.182. The van der Waals surface area contributed by atoms with Crippen LogP contribution in [0.25, 0.3) is 10.9 Å². The Morgan fingerprint density at radius 3 is 2.50 bits per heavy atom. The molecule has 2 aromatic rings. The van der Waals surface area contributed by atoms with E-state index in [2.05, 4.69) is 4.98 Å². The SMILES string of the molecule is COc1cc(OC)c2c(N)c(N)cnc2c1. The number of hydrogen-bond donors (Lipinski definition) is 2. The van der Waals surface area contributed by atoms with Crippen LogP contribution in [0.15, 0.2) is 18.3 Å². The van der Waals surface area contributed by atoms with Crippen molar-refractivity contribution >= 4 is 22.3 Å².